The van der Waals surface area contributed by atoms with Crippen molar-refractivity contribution >= 4 is 16.0 Å². The highest BCUT2D eigenvalue weighted by molar-refractivity contribution is 7.92. The van der Waals surface area contributed by atoms with Gasteiger partial charge in [0.15, 0.2) is 0 Å². The van der Waals surface area contributed by atoms with Gasteiger partial charge in [0, 0.05) is 0 Å². The van der Waals surface area contributed by atoms with Gasteiger partial charge < -0.3 is 0 Å². The molecule has 0 saturated carbocycles. The largest absolute Gasteiger partial charge is 0.295 e. The first-order valence-corrected chi connectivity index (χ1v) is 8.96. The lowest BCUT2D eigenvalue weighted by molar-refractivity contribution is 0.599. The Morgan fingerprint density at radius 3 is 2.54 bits per heavy atom. The molecule has 3 rings (SSSR count). The first kappa shape index (κ1) is 16.2. The minimum Gasteiger partial charge on any atom is -0.295 e. The Kier molecular flexibility index (Phi) is 4.35. The summed E-state index contributed by atoms with van der Waals surface area (Å²) in [7, 11) is -3.72. The van der Waals surface area contributed by atoms with Crippen LogP contribution >= 0.6 is 0 Å². The molecule has 7 heteroatoms. The van der Waals surface area contributed by atoms with Gasteiger partial charge in [0.1, 0.15) is 6.33 Å². The highest BCUT2D eigenvalue weighted by Crippen LogP contribution is 2.19. The molecule has 1 N–H and O–H groups in total. The molecule has 0 atom stereocenters. The molecule has 2 aromatic carbocycles. The highest BCUT2D eigenvalue weighted by atomic mass is 32.2. The lowest BCUT2D eigenvalue weighted by Crippen LogP contribution is -2.18. The zero-order valence-corrected chi connectivity index (χ0v) is 14.3. The van der Waals surface area contributed by atoms with Gasteiger partial charge in [0.25, 0.3) is 10.0 Å². The third-order valence-corrected chi connectivity index (χ3v) is 5.15. The zero-order chi connectivity index (χ0) is 17.2. The maximum Gasteiger partial charge on any atom is 0.264 e. The van der Waals surface area contributed by atoms with E-state index < -0.39 is 10.0 Å². The Balaban J connectivity index is 1.87. The summed E-state index contributed by atoms with van der Waals surface area (Å²) >= 11 is 0. The molecule has 0 unspecified atom stereocenters. The Morgan fingerprint density at radius 2 is 1.83 bits per heavy atom. The fourth-order valence-electron chi connectivity index (χ4n) is 2.51. The molecular formula is C17H18N4O2S. The van der Waals surface area contributed by atoms with Crippen LogP contribution in [-0.2, 0) is 16.6 Å². The Bertz CT molecular complexity index is 950. The minimum atomic E-state index is -3.72. The number of hydrogen-bond donors (Lipinski definition) is 1. The number of aryl methyl sites for hydroxylation is 2. The molecule has 1 aromatic heterocycles. The minimum absolute atomic E-state index is 0.193. The molecule has 0 spiro atoms. The van der Waals surface area contributed by atoms with Crippen LogP contribution in [0.15, 0.2) is 59.8 Å². The number of aromatic nitrogens is 3. The number of nitrogens with one attached hydrogen (secondary N) is 1. The first-order valence-electron chi connectivity index (χ1n) is 7.47. The van der Waals surface area contributed by atoms with Gasteiger partial charge in [-0.25, -0.2) is 13.1 Å². The Hall–Kier alpha value is -2.67. The molecule has 6 nitrogen and oxygen atoms in total. The highest BCUT2D eigenvalue weighted by Gasteiger charge is 2.19. The van der Waals surface area contributed by atoms with Crippen LogP contribution in [0.3, 0.4) is 0 Å². The summed E-state index contributed by atoms with van der Waals surface area (Å²) in [5.41, 5.74) is 2.74. The number of sulfonamides is 1. The van der Waals surface area contributed by atoms with E-state index in [9.17, 15) is 8.42 Å². The molecule has 3 aromatic rings. The van der Waals surface area contributed by atoms with Gasteiger partial charge in [0.05, 0.1) is 11.4 Å². The van der Waals surface area contributed by atoms with E-state index in [2.05, 4.69) is 14.9 Å². The first-order chi connectivity index (χ1) is 11.5. The monoisotopic (exact) mass is 342 g/mol. The predicted molar refractivity (Wildman–Crippen MR) is 92.3 cm³/mol. The fourth-order valence-corrected chi connectivity index (χ4v) is 3.74. The molecule has 0 aliphatic rings. The molecule has 0 saturated heterocycles. The second-order valence-corrected chi connectivity index (χ2v) is 7.29. The van der Waals surface area contributed by atoms with Crippen molar-refractivity contribution in [2.24, 2.45) is 0 Å². The molecular weight excluding hydrogens is 324 g/mol. The Morgan fingerprint density at radius 1 is 1.08 bits per heavy atom. The number of benzene rings is 2. The fraction of sp³-hybridized carbons (Fsp3) is 0.176. The maximum absolute atomic E-state index is 12.6. The zero-order valence-electron chi connectivity index (χ0n) is 13.5. The van der Waals surface area contributed by atoms with E-state index >= 15 is 0 Å². The standard InChI is InChI=1S/C17H18N4O2S/c1-13-8-9-16(14(2)10-13)24(22,23)20-17-19-18-12-21(17)11-15-6-4-3-5-7-15/h3-10,12H,11H2,1-2H3,(H,19,20). The summed E-state index contributed by atoms with van der Waals surface area (Å²) < 4.78 is 29.5. The number of nitrogens with zero attached hydrogens (tertiary/aromatic N) is 3. The molecule has 24 heavy (non-hydrogen) atoms. The quantitative estimate of drug-likeness (QED) is 0.773. The normalized spacial score (nSPS) is 11.4. The van der Waals surface area contributed by atoms with Gasteiger partial charge in [0.2, 0.25) is 5.95 Å². The number of anilines is 1. The second-order valence-electron chi connectivity index (χ2n) is 5.64. The van der Waals surface area contributed by atoms with Crippen molar-refractivity contribution < 1.29 is 8.42 Å². The van der Waals surface area contributed by atoms with Crippen LogP contribution in [0.1, 0.15) is 16.7 Å². The lowest BCUT2D eigenvalue weighted by atomic mass is 10.2. The van der Waals surface area contributed by atoms with Gasteiger partial charge in [-0.05, 0) is 31.0 Å². The molecule has 0 fully saturated rings. The van der Waals surface area contributed by atoms with Gasteiger partial charge in [-0.15, -0.1) is 10.2 Å². The average Bonchev–Trinajstić information content (AvgIpc) is 2.94. The van der Waals surface area contributed by atoms with Crippen LogP contribution in [0.4, 0.5) is 5.95 Å². The number of rotatable bonds is 5. The Labute approximate surface area is 141 Å². The molecule has 0 radical (unpaired) electrons. The van der Waals surface area contributed by atoms with Crippen LogP contribution in [0.2, 0.25) is 0 Å². The van der Waals surface area contributed by atoms with Crippen molar-refractivity contribution in [2.75, 3.05) is 4.72 Å². The van der Waals surface area contributed by atoms with E-state index in [1.807, 2.05) is 43.3 Å². The SMILES string of the molecule is Cc1ccc(S(=O)(=O)Nc2nncn2Cc2ccccc2)c(C)c1. The molecule has 1 heterocycles. The topological polar surface area (TPSA) is 76.9 Å². The molecule has 124 valence electrons. The van der Waals surface area contributed by atoms with Crippen LogP contribution in [0.5, 0.6) is 0 Å². The second kappa shape index (κ2) is 6.45. The summed E-state index contributed by atoms with van der Waals surface area (Å²) in [4.78, 5) is 0.238. The van der Waals surface area contributed by atoms with Crippen molar-refractivity contribution in [2.45, 2.75) is 25.3 Å². The van der Waals surface area contributed by atoms with Crippen LogP contribution < -0.4 is 4.72 Å². The smallest absolute Gasteiger partial charge is 0.264 e. The maximum atomic E-state index is 12.6. The summed E-state index contributed by atoms with van der Waals surface area (Å²) in [6.07, 6.45) is 1.51. The van der Waals surface area contributed by atoms with E-state index in [-0.39, 0.29) is 10.8 Å². The molecule has 0 aliphatic carbocycles. The predicted octanol–water partition coefficient (Wildman–Crippen LogP) is 2.74. The van der Waals surface area contributed by atoms with Gasteiger partial charge >= 0.3 is 0 Å². The molecule has 0 aliphatic heterocycles. The third kappa shape index (κ3) is 3.46. The lowest BCUT2D eigenvalue weighted by Gasteiger charge is -2.11. The van der Waals surface area contributed by atoms with Crippen molar-refractivity contribution in [3.63, 3.8) is 0 Å². The number of hydrogen-bond acceptors (Lipinski definition) is 4. The molecule has 0 amide bonds. The summed E-state index contributed by atoms with van der Waals surface area (Å²) in [5.74, 6) is 0.193. The third-order valence-electron chi connectivity index (χ3n) is 3.66. The molecule has 0 bridgehead atoms. The van der Waals surface area contributed by atoms with Gasteiger partial charge in [-0.2, -0.15) is 0 Å². The van der Waals surface area contributed by atoms with Crippen molar-refractivity contribution in [3.05, 3.63) is 71.5 Å². The van der Waals surface area contributed by atoms with E-state index in [4.69, 9.17) is 0 Å². The van der Waals surface area contributed by atoms with Gasteiger partial charge in [-0.3, -0.25) is 4.57 Å². The average molecular weight is 342 g/mol. The summed E-state index contributed by atoms with van der Waals surface area (Å²) in [5, 5.41) is 7.71. The van der Waals surface area contributed by atoms with Crippen LogP contribution in [0.25, 0.3) is 0 Å². The van der Waals surface area contributed by atoms with Crippen LogP contribution in [-0.4, -0.2) is 23.2 Å². The summed E-state index contributed by atoms with van der Waals surface area (Å²) in [6.45, 7) is 4.18. The van der Waals surface area contributed by atoms with Crippen molar-refractivity contribution in [1.29, 1.82) is 0 Å². The van der Waals surface area contributed by atoms with Gasteiger partial charge in [-0.1, -0.05) is 48.0 Å². The summed E-state index contributed by atoms with van der Waals surface area (Å²) in [6, 6.07) is 14.9. The van der Waals surface area contributed by atoms with Crippen molar-refractivity contribution in [1.82, 2.24) is 14.8 Å². The van der Waals surface area contributed by atoms with Crippen molar-refractivity contribution in [3.8, 4) is 0 Å². The van der Waals surface area contributed by atoms with E-state index in [1.165, 1.54) is 6.33 Å². The van der Waals surface area contributed by atoms with E-state index in [0.717, 1.165) is 11.1 Å². The van der Waals surface area contributed by atoms with Crippen LogP contribution in [0, 0.1) is 13.8 Å². The van der Waals surface area contributed by atoms with E-state index in [0.29, 0.717) is 12.1 Å². The van der Waals surface area contributed by atoms with E-state index in [1.54, 1.807) is 23.6 Å².